The molecule has 0 aliphatic rings. The number of hydrogen-bond donors (Lipinski definition) is 3. The van der Waals surface area contributed by atoms with Gasteiger partial charge in [0.25, 0.3) is 5.95 Å². The SMILES string of the molecule is CCOc1ccc(NC(=O)CSc2nnc(N/N=C(\C)c3ccc(F)cc3)n2N)cc1. The molecule has 0 fully saturated rings. The average Bonchev–Trinajstić information content (AvgIpc) is 3.12. The number of ether oxygens (including phenoxy) is 1. The third-order valence-electron chi connectivity index (χ3n) is 4.03. The standard InChI is InChI=1S/C20H22FN7O2S/c1-3-30-17-10-8-16(9-11-17)23-18(29)12-31-20-27-26-19(28(20)22)25-24-13(2)14-4-6-15(21)7-5-14/h4-11H,3,12,22H2,1-2H3,(H,23,29)(H,25,26)/b24-13+. The van der Waals surface area contributed by atoms with E-state index in [2.05, 4.69) is 26.0 Å². The third-order valence-corrected chi connectivity index (χ3v) is 4.97. The van der Waals surface area contributed by atoms with Crippen molar-refractivity contribution in [3.8, 4) is 5.75 Å². The van der Waals surface area contributed by atoms with E-state index >= 15 is 0 Å². The van der Waals surface area contributed by atoms with Gasteiger partial charge in [-0.25, -0.2) is 14.5 Å². The number of halogens is 1. The molecule has 4 N–H and O–H groups in total. The number of nitrogens with one attached hydrogen (secondary N) is 2. The van der Waals surface area contributed by atoms with E-state index in [4.69, 9.17) is 10.6 Å². The lowest BCUT2D eigenvalue weighted by molar-refractivity contribution is -0.113. The van der Waals surface area contributed by atoms with Crippen LogP contribution in [0.5, 0.6) is 5.75 Å². The number of aromatic nitrogens is 3. The van der Waals surface area contributed by atoms with Crippen molar-refractivity contribution in [3.05, 3.63) is 59.9 Å². The Labute approximate surface area is 182 Å². The van der Waals surface area contributed by atoms with Gasteiger partial charge in [0.2, 0.25) is 11.1 Å². The number of nitrogen functional groups attached to an aromatic ring is 1. The van der Waals surface area contributed by atoms with Crippen LogP contribution in [0.25, 0.3) is 0 Å². The molecule has 0 radical (unpaired) electrons. The van der Waals surface area contributed by atoms with Crippen LogP contribution in [0, 0.1) is 5.82 Å². The Morgan fingerprint density at radius 1 is 1.19 bits per heavy atom. The number of amides is 1. The summed E-state index contributed by atoms with van der Waals surface area (Å²) in [6.07, 6.45) is 0. The molecule has 3 aromatic rings. The van der Waals surface area contributed by atoms with Gasteiger partial charge in [-0.2, -0.15) is 5.10 Å². The van der Waals surface area contributed by atoms with E-state index in [0.29, 0.717) is 23.2 Å². The minimum atomic E-state index is -0.320. The number of hydrazone groups is 1. The van der Waals surface area contributed by atoms with Gasteiger partial charge in [-0.3, -0.25) is 4.79 Å². The van der Waals surface area contributed by atoms with Gasteiger partial charge in [0.15, 0.2) is 0 Å². The molecule has 11 heteroatoms. The van der Waals surface area contributed by atoms with Crippen molar-refractivity contribution < 1.29 is 13.9 Å². The fourth-order valence-corrected chi connectivity index (χ4v) is 3.13. The van der Waals surface area contributed by atoms with Gasteiger partial charge in [-0.1, -0.05) is 23.9 Å². The van der Waals surface area contributed by atoms with Gasteiger partial charge in [-0.05, 0) is 55.8 Å². The normalized spacial score (nSPS) is 11.3. The number of nitrogens with two attached hydrogens (primary N) is 1. The van der Waals surface area contributed by atoms with Gasteiger partial charge >= 0.3 is 0 Å². The molecule has 162 valence electrons. The molecule has 0 saturated heterocycles. The van der Waals surface area contributed by atoms with Crippen molar-refractivity contribution in [3.63, 3.8) is 0 Å². The molecule has 0 bridgehead atoms. The lowest BCUT2D eigenvalue weighted by Crippen LogP contribution is -2.17. The summed E-state index contributed by atoms with van der Waals surface area (Å²) in [7, 11) is 0. The summed E-state index contributed by atoms with van der Waals surface area (Å²) >= 11 is 1.14. The maximum atomic E-state index is 13.0. The van der Waals surface area contributed by atoms with Gasteiger partial charge in [0, 0.05) is 5.69 Å². The lowest BCUT2D eigenvalue weighted by Gasteiger charge is -2.07. The van der Waals surface area contributed by atoms with Crippen LogP contribution < -0.4 is 21.3 Å². The second kappa shape index (κ2) is 10.4. The Balaban J connectivity index is 1.53. The molecule has 0 saturated carbocycles. The molecule has 1 heterocycles. The van der Waals surface area contributed by atoms with Crippen LogP contribution >= 0.6 is 11.8 Å². The number of carbonyl (C=O) groups excluding carboxylic acids is 1. The van der Waals surface area contributed by atoms with Crippen LogP contribution in [0.3, 0.4) is 0 Å². The summed E-state index contributed by atoms with van der Waals surface area (Å²) in [4.78, 5) is 12.2. The van der Waals surface area contributed by atoms with Crippen molar-refractivity contribution in [2.45, 2.75) is 19.0 Å². The highest BCUT2D eigenvalue weighted by Crippen LogP contribution is 2.19. The smallest absolute Gasteiger partial charge is 0.264 e. The number of anilines is 2. The fraction of sp³-hybridized carbons (Fsp3) is 0.200. The first-order chi connectivity index (χ1) is 15.0. The van der Waals surface area contributed by atoms with Crippen LogP contribution in [0.4, 0.5) is 16.0 Å². The number of nitrogens with zero attached hydrogens (tertiary/aromatic N) is 4. The fourth-order valence-electron chi connectivity index (χ4n) is 2.47. The van der Waals surface area contributed by atoms with E-state index in [1.54, 1.807) is 43.3 Å². The Bertz CT molecular complexity index is 1050. The zero-order chi connectivity index (χ0) is 22.2. The van der Waals surface area contributed by atoms with Crippen molar-refractivity contribution in [2.75, 3.05) is 28.9 Å². The summed E-state index contributed by atoms with van der Waals surface area (Å²) in [6, 6.07) is 13.1. The Kier molecular flexibility index (Phi) is 7.44. The summed E-state index contributed by atoms with van der Waals surface area (Å²) in [5.74, 6) is 6.49. The van der Waals surface area contributed by atoms with Crippen LogP contribution in [0.2, 0.25) is 0 Å². The maximum Gasteiger partial charge on any atom is 0.264 e. The molecule has 0 unspecified atom stereocenters. The van der Waals surface area contributed by atoms with E-state index in [0.717, 1.165) is 23.1 Å². The predicted molar refractivity (Wildman–Crippen MR) is 119 cm³/mol. The first-order valence-electron chi connectivity index (χ1n) is 9.38. The van der Waals surface area contributed by atoms with E-state index in [1.807, 2.05) is 6.92 Å². The van der Waals surface area contributed by atoms with Crippen molar-refractivity contribution in [2.24, 2.45) is 5.10 Å². The highest BCUT2D eigenvalue weighted by atomic mass is 32.2. The molecule has 0 aliphatic carbocycles. The average molecular weight is 444 g/mol. The van der Waals surface area contributed by atoms with Crippen molar-refractivity contribution in [1.29, 1.82) is 0 Å². The summed E-state index contributed by atoms with van der Waals surface area (Å²) in [5, 5.41) is 15.2. The molecule has 0 spiro atoms. The molecule has 0 atom stereocenters. The number of hydrogen-bond acceptors (Lipinski definition) is 8. The van der Waals surface area contributed by atoms with Gasteiger partial charge in [0.1, 0.15) is 11.6 Å². The lowest BCUT2D eigenvalue weighted by atomic mass is 10.1. The first kappa shape index (κ1) is 22.1. The molecular formula is C20H22FN7O2S. The zero-order valence-electron chi connectivity index (χ0n) is 17.0. The van der Waals surface area contributed by atoms with E-state index in [-0.39, 0.29) is 23.4 Å². The summed E-state index contributed by atoms with van der Waals surface area (Å²) in [5.41, 5.74) is 4.75. The number of carbonyl (C=O) groups is 1. The molecule has 2 aromatic carbocycles. The topological polar surface area (TPSA) is 119 Å². The van der Waals surface area contributed by atoms with Gasteiger partial charge in [-0.15, -0.1) is 10.2 Å². The predicted octanol–water partition coefficient (Wildman–Crippen LogP) is 3.10. The minimum Gasteiger partial charge on any atom is -0.494 e. The second-order valence-corrected chi connectivity index (χ2v) is 7.23. The van der Waals surface area contributed by atoms with Crippen LogP contribution in [-0.4, -0.2) is 38.9 Å². The van der Waals surface area contributed by atoms with E-state index < -0.39 is 0 Å². The molecule has 1 aromatic heterocycles. The van der Waals surface area contributed by atoms with Crippen molar-refractivity contribution >= 4 is 35.0 Å². The van der Waals surface area contributed by atoms with Crippen LogP contribution in [0.15, 0.2) is 58.8 Å². The third kappa shape index (κ3) is 6.19. The van der Waals surface area contributed by atoms with Crippen LogP contribution in [0.1, 0.15) is 19.4 Å². The summed E-state index contributed by atoms with van der Waals surface area (Å²) in [6.45, 7) is 4.25. The molecule has 9 nitrogen and oxygen atoms in total. The number of thioether (sulfide) groups is 1. The minimum absolute atomic E-state index is 0.0976. The highest BCUT2D eigenvalue weighted by molar-refractivity contribution is 7.99. The van der Waals surface area contributed by atoms with Gasteiger partial charge < -0.3 is 15.9 Å². The van der Waals surface area contributed by atoms with E-state index in [1.165, 1.54) is 16.8 Å². The Morgan fingerprint density at radius 3 is 2.58 bits per heavy atom. The highest BCUT2D eigenvalue weighted by Gasteiger charge is 2.12. The zero-order valence-corrected chi connectivity index (χ0v) is 17.8. The molecule has 0 aliphatic heterocycles. The quantitative estimate of drug-likeness (QED) is 0.201. The number of rotatable bonds is 9. The monoisotopic (exact) mass is 443 g/mol. The maximum absolute atomic E-state index is 13.0. The van der Waals surface area contributed by atoms with Crippen molar-refractivity contribution in [1.82, 2.24) is 14.9 Å². The second-order valence-electron chi connectivity index (χ2n) is 6.29. The Hall–Kier alpha value is -3.60. The van der Waals surface area contributed by atoms with Gasteiger partial charge in [0.05, 0.1) is 18.1 Å². The molecular weight excluding hydrogens is 421 g/mol. The molecule has 1 amide bonds. The molecule has 3 rings (SSSR count). The molecule has 31 heavy (non-hydrogen) atoms. The Morgan fingerprint density at radius 2 is 1.90 bits per heavy atom. The number of benzene rings is 2. The van der Waals surface area contributed by atoms with E-state index in [9.17, 15) is 9.18 Å². The van der Waals surface area contributed by atoms with Crippen LogP contribution in [-0.2, 0) is 4.79 Å². The largest absolute Gasteiger partial charge is 0.494 e. The first-order valence-corrected chi connectivity index (χ1v) is 10.4. The summed E-state index contributed by atoms with van der Waals surface area (Å²) < 4.78 is 19.6.